The molecule has 0 aliphatic carbocycles. The van der Waals surface area contributed by atoms with Gasteiger partial charge in [-0.1, -0.05) is 0 Å². The van der Waals surface area contributed by atoms with E-state index in [1.165, 1.54) is 0 Å². The number of H-pyrrole nitrogens is 1. The molecule has 0 bridgehead atoms. The van der Waals surface area contributed by atoms with Crippen molar-refractivity contribution in [3.05, 3.63) is 28.7 Å². The van der Waals surface area contributed by atoms with Crippen LogP contribution in [0.15, 0.2) is 6.20 Å². The molecule has 0 fully saturated rings. The number of anilines is 1. The number of hydrogen-bond acceptors (Lipinski definition) is 6. The van der Waals surface area contributed by atoms with E-state index in [1.807, 2.05) is 27.7 Å². The second-order valence-corrected chi connectivity index (χ2v) is 6.13. The highest BCUT2D eigenvalue weighted by Gasteiger charge is 2.21. The minimum atomic E-state index is -0.291. The maximum Gasteiger partial charge on any atom is 0.268 e. The second-order valence-electron chi connectivity index (χ2n) is 6.13. The summed E-state index contributed by atoms with van der Waals surface area (Å²) in [6.45, 7) is 7.51. The monoisotopic (exact) mass is 347 g/mol. The normalized spacial score (nSPS) is 11.0. The van der Waals surface area contributed by atoms with Gasteiger partial charge in [-0.15, -0.1) is 0 Å². The molecular weight excluding hydrogens is 322 g/mol. The smallest absolute Gasteiger partial charge is 0.268 e. The Hall–Kier alpha value is -2.45. The molecular formula is C17H25N5O3. The number of aryl methyl sites for hydroxylation is 1. The molecule has 2 aromatic rings. The fraction of sp³-hybridized carbons (Fsp3) is 0.471. The largest absolute Gasteiger partial charge is 0.395 e. The molecule has 2 rings (SSSR count). The first-order chi connectivity index (χ1) is 11.9. The minimum absolute atomic E-state index is 0.123. The number of nitrogens with one attached hydrogen (secondary N) is 3. The number of carbonyl (C=O) groups is 1. The number of nitrogens with zero attached hydrogens (tertiary/aromatic N) is 2. The van der Waals surface area contributed by atoms with E-state index in [-0.39, 0.29) is 31.7 Å². The van der Waals surface area contributed by atoms with Gasteiger partial charge in [-0.3, -0.25) is 4.79 Å². The Balaban J connectivity index is 2.50. The van der Waals surface area contributed by atoms with E-state index in [0.29, 0.717) is 22.9 Å². The average molecular weight is 347 g/mol. The molecule has 8 heteroatoms. The Morgan fingerprint density at radius 1 is 1.32 bits per heavy atom. The standard InChI is InChI=1S/C17H25N5O3/c1-9(2)20-17-19-7-12(8-24)15(22-17)13-10(3)14(21-11(13)4)16(25)18-5-6-23/h7,9,21,23-24H,5-6,8H2,1-4H3,(H,18,25)(H,19,20,22). The van der Waals surface area contributed by atoms with E-state index in [2.05, 4.69) is 25.6 Å². The zero-order valence-electron chi connectivity index (χ0n) is 15.0. The number of hydrogen-bond donors (Lipinski definition) is 5. The van der Waals surface area contributed by atoms with Crippen molar-refractivity contribution in [2.45, 2.75) is 40.3 Å². The zero-order valence-corrected chi connectivity index (χ0v) is 15.0. The van der Waals surface area contributed by atoms with Gasteiger partial charge in [-0.25, -0.2) is 9.97 Å². The summed E-state index contributed by atoms with van der Waals surface area (Å²) in [6.07, 6.45) is 1.59. The van der Waals surface area contributed by atoms with Crippen LogP contribution >= 0.6 is 0 Å². The number of amides is 1. The van der Waals surface area contributed by atoms with Crippen molar-refractivity contribution in [2.75, 3.05) is 18.5 Å². The van der Waals surface area contributed by atoms with Crippen LogP contribution < -0.4 is 10.6 Å². The number of aliphatic hydroxyl groups excluding tert-OH is 2. The van der Waals surface area contributed by atoms with Crippen LogP contribution in [-0.4, -0.2) is 50.3 Å². The predicted molar refractivity (Wildman–Crippen MR) is 95.4 cm³/mol. The van der Waals surface area contributed by atoms with Crippen LogP contribution in [0.3, 0.4) is 0 Å². The molecule has 25 heavy (non-hydrogen) atoms. The van der Waals surface area contributed by atoms with Crippen LogP contribution in [0, 0.1) is 13.8 Å². The van der Waals surface area contributed by atoms with Crippen LogP contribution in [0.5, 0.6) is 0 Å². The lowest BCUT2D eigenvalue weighted by Gasteiger charge is -2.12. The highest BCUT2D eigenvalue weighted by atomic mass is 16.3. The molecule has 2 heterocycles. The maximum atomic E-state index is 12.2. The molecule has 0 unspecified atom stereocenters. The van der Waals surface area contributed by atoms with E-state index < -0.39 is 0 Å². The van der Waals surface area contributed by atoms with Gasteiger partial charge in [-0.2, -0.15) is 0 Å². The Bertz CT molecular complexity index is 755. The summed E-state index contributed by atoms with van der Waals surface area (Å²) >= 11 is 0. The summed E-state index contributed by atoms with van der Waals surface area (Å²) in [6, 6.07) is 0.168. The van der Waals surface area contributed by atoms with E-state index in [1.54, 1.807) is 6.20 Å². The summed E-state index contributed by atoms with van der Waals surface area (Å²) in [5.41, 5.74) is 3.87. The fourth-order valence-corrected chi connectivity index (χ4v) is 2.66. The zero-order chi connectivity index (χ0) is 18.6. The van der Waals surface area contributed by atoms with Crippen LogP contribution in [0.1, 0.15) is 41.2 Å². The Morgan fingerprint density at radius 3 is 2.64 bits per heavy atom. The SMILES string of the molecule is Cc1[nH]c(C(=O)NCCO)c(C)c1-c1nc(NC(C)C)ncc1CO. The molecule has 0 aromatic carbocycles. The third-order valence-corrected chi connectivity index (χ3v) is 3.75. The summed E-state index contributed by atoms with van der Waals surface area (Å²) in [5.74, 6) is 0.175. The van der Waals surface area contributed by atoms with Crippen molar-refractivity contribution in [3.8, 4) is 11.3 Å². The number of rotatable bonds is 7. The van der Waals surface area contributed by atoms with Gasteiger partial charge in [-0.05, 0) is 33.3 Å². The van der Waals surface area contributed by atoms with Crippen LogP contribution in [0.4, 0.5) is 5.95 Å². The molecule has 0 aliphatic heterocycles. The quantitative estimate of drug-likeness (QED) is 0.511. The van der Waals surface area contributed by atoms with Gasteiger partial charge in [0, 0.05) is 35.6 Å². The topological polar surface area (TPSA) is 123 Å². The van der Waals surface area contributed by atoms with Crippen molar-refractivity contribution in [1.29, 1.82) is 0 Å². The molecule has 2 aromatic heterocycles. The van der Waals surface area contributed by atoms with E-state index in [0.717, 1.165) is 16.8 Å². The number of aliphatic hydroxyl groups is 2. The van der Waals surface area contributed by atoms with Gasteiger partial charge in [0.2, 0.25) is 5.95 Å². The van der Waals surface area contributed by atoms with Crippen LogP contribution in [0.2, 0.25) is 0 Å². The van der Waals surface area contributed by atoms with Crippen molar-refractivity contribution >= 4 is 11.9 Å². The van der Waals surface area contributed by atoms with Gasteiger partial charge < -0.3 is 25.8 Å². The van der Waals surface area contributed by atoms with Crippen molar-refractivity contribution < 1.29 is 15.0 Å². The number of aromatic nitrogens is 3. The van der Waals surface area contributed by atoms with Crippen LogP contribution in [0.25, 0.3) is 11.3 Å². The second kappa shape index (κ2) is 8.09. The highest BCUT2D eigenvalue weighted by molar-refractivity contribution is 5.96. The summed E-state index contributed by atoms with van der Waals surface area (Å²) in [7, 11) is 0. The molecule has 8 nitrogen and oxygen atoms in total. The highest BCUT2D eigenvalue weighted by Crippen LogP contribution is 2.31. The lowest BCUT2D eigenvalue weighted by Crippen LogP contribution is -2.27. The van der Waals surface area contributed by atoms with Gasteiger partial charge in [0.05, 0.1) is 18.9 Å². The molecule has 1 amide bonds. The molecule has 0 spiro atoms. The molecule has 0 atom stereocenters. The molecule has 0 aliphatic rings. The van der Waals surface area contributed by atoms with Gasteiger partial charge in [0.15, 0.2) is 0 Å². The first-order valence-corrected chi connectivity index (χ1v) is 8.20. The predicted octanol–water partition coefficient (Wildman–Crippen LogP) is 1.12. The van der Waals surface area contributed by atoms with E-state index >= 15 is 0 Å². The molecule has 0 saturated heterocycles. The van der Waals surface area contributed by atoms with Gasteiger partial charge in [0.1, 0.15) is 5.69 Å². The first kappa shape index (κ1) is 18.9. The third-order valence-electron chi connectivity index (χ3n) is 3.75. The molecule has 136 valence electrons. The van der Waals surface area contributed by atoms with Crippen molar-refractivity contribution in [3.63, 3.8) is 0 Å². The first-order valence-electron chi connectivity index (χ1n) is 8.20. The molecule has 5 N–H and O–H groups in total. The molecule has 0 saturated carbocycles. The summed E-state index contributed by atoms with van der Waals surface area (Å²) in [4.78, 5) is 24.1. The Morgan fingerprint density at radius 2 is 2.04 bits per heavy atom. The lowest BCUT2D eigenvalue weighted by molar-refractivity contribution is 0.0939. The molecule has 0 radical (unpaired) electrons. The number of carbonyl (C=O) groups excluding carboxylic acids is 1. The Kier molecular flexibility index (Phi) is 6.11. The minimum Gasteiger partial charge on any atom is -0.395 e. The average Bonchev–Trinajstić information content (AvgIpc) is 2.86. The van der Waals surface area contributed by atoms with Crippen LogP contribution in [-0.2, 0) is 6.61 Å². The summed E-state index contributed by atoms with van der Waals surface area (Å²) in [5, 5.41) is 24.3. The Labute approximate surface area is 146 Å². The van der Waals surface area contributed by atoms with Gasteiger partial charge >= 0.3 is 0 Å². The lowest BCUT2D eigenvalue weighted by atomic mass is 10.0. The van der Waals surface area contributed by atoms with Gasteiger partial charge in [0.25, 0.3) is 5.91 Å². The van der Waals surface area contributed by atoms with E-state index in [4.69, 9.17) is 5.11 Å². The third kappa shape index (κ3) is 4.15. The van der Waals surface area contributed by atoms with Crippen molar-refractivity contribution in [1.82, 2.24) is 20.3 Å². The van der Waals surface area contributed by atoms with Crippen molar-refractivity contribution in [2.24, 2.45) is 0 Å². The van der Waals surface area contributed by atoms with E-state index in [9.17, 15) is 9.90 Å². The number of aromatic amines is 1. The summed E-state index contributed by atoms with van der Waals surface area (Å²) < 4.78 is 0. The fourth-order valence-electron chi connectivity index (χ4n) is 2.66. The maximum absolute atomic E-state index is 12.2.